The highest BCUT2D eigenvalue weighted by Gasteiger charge is 2.27. The zero-order valence-corrected chi connectivity index (χ0v) is 21.0. The number of rotatable bonds is 9. The topological polar surface area (TPSA) is 98.4 Å². The van der Waals surface area contributed by atoms with Gasteiger partial charge in [0.15, 0.2) is 0 Å². The SMILES string of the molecule is CCOC(=O)C1CCN(C[C@@H](O)COc2ccc3c(=O)c(-c4ccc(OC)cc4)c(C)oc3c2)CC1. The third-order valence-corrected chi connectivity index (χ3v) is 6.54. The Morgan fingerprint density at radius 1 is 1.14 bits per heavy atom. The number of piperidine rings is 1. The molecule has 192 valence electrons. The summed E-state index contributed by atoms with van der Waals surface area (Å²) < 4.78 is 22.1. The number of methoxy groups -OCH3 is 1. The standard InChI is InChI=1S/C28H33NO7/c1-4-34-28(32)20-11-13-29(14-12-20)16-21(30)17-35-23-9-10-24-25(15-23)36-18(2)26(27(24)31)19-5-7-22(33-3)8-6-19/h5-10,15,20-21,30H,4,11-14,16-17H2,1-3H3/t21-/m1/s1. The van der Waals surface area contributed by atoms with E-state index in [1.165, 1.54) is 0 Å². The van der Waals surface area contributed by atoms with Gasteiger partial charge in [0.2, 0.25) is 5.43 Å². The van der Waals surface area contributed by atoms with E-state index in [1.54, 1.807) is 32.2 Å². The van der Waals surface area contributed by atoms with Gasteiger partial charge in [-0.1, -0.05) is 12.1 Å². The third-order valence-electron chi connectivity index (χ3n) is 6.54. The zero-order chi connectivity index (χ0) is 25.7. The summed E-state index contributed by atoms with van der Waals surface area (Å²) in [4.78, 5) is 27.2. The van der Waals surface area contributed by atoms with Crippen LogP contribution >= 0.6 is 0 Å². The lowest BCUT2D eigenvalue weighted by Gasteiger charge is -2.32. The molecule has 1 fully saturated rings. The highest BCUT2D eigenvalue weighted by atomic mass is 16.5. The molecule has 3 aromatic rings. The van der Waals surface area contributed by atoms with Gasteiger partial charge in [-0.15, -0.1) is 0 Å². The van der Waals surface area contributed by atoms with Crippen molar-refractivity contribution in [1.82, 2.24) is 4.90 Å². The summed E-state index contributed by atoms with van der Waals surface area (Å²) >= 11 is 0. The number of nitrogens with zero attached hydrogens (tertiary/aromatic N) is 1. The predicted molar refractivity (Wildman–Crippen MR) is 137 cm³/mol. The maximum absolute atomic E-state index is 13.2. The van der Waals surface area contributed by atoms with E-state index >= 15 is 0 Å². The molecule has 0 unspecified atom stereocenters. The van der Waals surface area contributed by atoms with Gasteiger partial charge in [0.1, 0.15) is 35.6 Å². The number of aryl methyl sites for hydroxylation is 1. The van der Waals surface area contributed by atoms with E-state index in [0.717, 1.165) is 31.5 Å². The number of aliphatic hydroxyl groups excluding tert-OH is 1. The second kappa shape index (κ2) is 11.6. The van der Waals surface area contributed by atoms with Crippen LogP contribution in [-0.2, 0) is 9.53 Å². The average molecular weight is 496 g/mol. The maximum atomic E-state index is 13.2. The van der Waals surface area contributed by atoms with Crippen LogP contribution in [0.3, 0.4) is 0 Å². The van der Waals surface area contributed by atoms with Crippen molar-refractivity contribution in [2.45, 2.75) is 32.8 Å². The van der Waals surface area contributed by atoms with E-state index in [0.29, 0.717) is 46.9 Å². The van der Waals surface area contributed by atoms with Crippen LogP contribution < -0.4 is 14.9 Å². The molecule has 1 aliphatic heterocycles. The first-order chi connectivity index (χ1) is 17.4. The van der Waals surface area contributed by atoms with Gasteiger partial charge in [-0.05, 0) is 69.6 Å². The minimum absolute atomic E-state index is 0.0597. The molecule has 1 aliphatic rings. The number of esters is 1. The largest absolute Gasteiger partial charge is 0.497 e. The lowest BCUT2D eigenvalue weighted by molar-refractivity contribution is -0.149. The zero-order valence-electron chi connectivity index (χ0n) is 21.0. The molecule has 4 rings (SSSR count). The lowest BCUT2D eigenvalue weighted by Crippen LogP contribution is -2.42. The average Bonchev–Trinajstić information content (AvgIpc) is 2.88. The lowest BCUT2D eigenvalue weighted by atomic mass is 9.97. The van der Waals surface area contributed by atoms with E-state index in [-0.39, 0.29) is 23.9 Å². The van der Waals surface area contributed by atoms with Crippen LogP contribution in [0, 0.1) is 12.8 Å². The van der Waals surface area contributed by atoms with E-state index in [2.05, 4.69) is 4.90 Å². The Morgan fingerprint density at radius 2 is 1.83 bits per heavy atom. The fraction of sp³-hybridized carbons (Fsp3) is 0.429. The Morgan fingerprint density at radius 3 is 2.50 bits per heavy atom. The number of fused-ring (bicyclic) bond motifs is 1. The molecule has 2 heterocycles. The molecule has 8 heteroatoms. The van der Waals surface area contributed by atoms with Gasteiger partial charge < -0.3 is 28.6 Å². The Hall–Kier alpha value is -3.36. The van der Waals surface area contributed by atoms with E-state index < -0.39 is 6.10 Å². The quantitative estimate of drug-likeness (QED) is 0.448. The first-order valence-electron chi connectivity index (χ1n) is 12.3. The molecule has 1 saturated heterocycles. The van der Waals surface area contributed by atoms with E-state index in [9.17, 15) is 14.7 Å². The van der Waals surface area contributed by atoms with Gasteiger partial charge >= 0.3 is 5.97 Å². The highest BCUT2D eigenvalue weighted by Crippen LogP contribution is 2.28. The Balaban J connectivity index is 1.37. The smallest absolute Gasteiger partial charge is 0.309 e. The van der Waals surface area contributed by atoms with Gasteiger partial charge in [0, 0.05) is 12.6 Å². The highest BCUT2D eigenvalue weighted by molar-refractivity contribution is 5.83. The number of carbonyl (C=O) groups excluding carboxylic acids is 1. The van der Waals surface area contributed by atoms with Gasteiger partial charge in [0.05, 0.1) is 30.6 Å². The third kappa shape index (κ3) is 5.88. The summed E-state index contributed by atoms with van der Waals surface area (Å²) in [6.45, 7) is 6.01. The Bertz CT molecular complexity index is 1240. The van der Waals surface area contributed by atoms with Crippen LogP contribution in [0.1, 0.15) is 25.5 Å². The molecular weight excluding hydrogens is 462 g/mol. The molecule has 0 radical (unpaired) electrons. The van der Waals surface area contributed by atoms with Crippen LogP contribution in [0.15, 0.2) is 51.7 Å². The van der Waals surface area contributed by atoms with Gasteiger partial charge in [0.25, 0.3) is 0 Å². The summed E-state index contributed by atoms with van der Waals surface area (Å²) in [5.74, 6) is 1.56. The number of likely N-dealkylation sites (tertiary alicyclic amines) is 1. The van der Waals surface area contributed by atoms with E-state index in [4.69, 9.17) is 18.6 Å². The molecule has 36 heavy (non-hydrogen) atoms. The number of hydrogen-bond acceptors (Lipinski definition) is 8. The van der Waals surface area contributed by atoms with Crippen molar-refractivity contribution >= 4 is 16.9 Å². The van der Waals surface area contributed by atoms with Crippen LogP contribution in [0.25, 0.3) is 22.1 Å². The molecule has 8 nitrogen and oxygen atoms in total. The van der Waals surface area contributed by atoms with E-state index in [1.807, 2.05) is 31.2 Å². The van der Waals surface area contributed by atoms with Crippen molar-refractivity contribution in [3.8, 4) is 22.6 Å². The molecule has 1 N–H and O–H groups in total. The summed E-state index contributed by atoms with van der Waals surface area (Å²) in [6.07, 6.45) is 0.771. The van der Waals surface area contributed by atoms with Crippen molar-refractivity contribution in [2.24, 2.45) is 5.92 Å². The van der Waals surface area contributed by atoms with Crippen LogP contribution in [0.4, 0.5) is 0 Å². The first-order valence-corrected chi connectivity index (χ1v) is 12.3. The minimum atomic E-state index is -0.689. The number of ether oxygens (including phenoxy) is 3. The molecule has 0 bridgehead atoms. The summed E-state index contributed by atoms with van der Waals surface area (Å²) in [6, 6.07) is 12.4. The Kier molecular flexibility index (Phi) is 8.28. The summed E-state index contributed by atoms with van der Waals surface area (Å²) in [5, 5.41) is 10.9. The number of aliphatic hydroxyl groups is 1. The van der Waals surface area contributed by atoms with Crippen molar-refractivity contribution in [1.29, 1.82) is 0 Å². The van der Waals surface area contributed by atoms with Crippen molar-refractivity contribution < 1.29 is 28.5 Å². The number of hydrogen-bond donors (Lipinski definition) is 1. The fourth-order valence-corrected chi connectivity index (χ4v) is 4.62. The first kappa shape index (κ1) is 25.7. The van der Waals surface area contributed by atoms with Crippen LogP contribution in [0.5, 0.6) is 11.5 Å². The van der Waals surface area contributed by atoms with Crippen molar-refractivity contribution in [3.63, 3.8) is 0 Å². The second-order valence-corrected chi connectivity index (χ2v) is 9.04. The summed E-state index contributed by atoms with van der Waals surface area (Å²) in [7, 11) is 1.60. The maximum Gasteiger partial charge on any atom is 0.309 e. The molecule has 1 aromatic heterocycles. The predicted octanol–water partition coefficient (Wildman–Crippen LogP) is 3.79. The monoisotopic (exact) mass is 495 g/mol. The van der Waals surface area contributed by atoms with Crippen molar-refractivity contribution in [3.05, 3.63) is 58.4 Å². The molecule has 0 saturated carbocycles. The molecule has 0 aliphatic carbocycles. The van der Waals surface area contributed by atoms with Crippen molar-refractivity contribution in [2.75, 3.05) is 40.0 Å². The number of benzene rings is 2. The second-order valence-electron chi connectivity index (χ2n) is 9.04. The minimum Gasteiger partial charge on any atom is -0.497 e. The fourth-order valence-electron chi connectivity index (χ4n) is 4.62. The molecule has 2 aromatic carbocycles. The Labute approximate surface area is 210 Å². The van der Waals surface area contributed by atoms with Gasteiger partial charge in [-0.3, -0.25) is 9.59 Å². The number of carbonyl (C=O) groups is 1. The summed E-state index contributed by atoms with van der Waals surface area (Å²) in [5.41, 5.74) is 1.60. The number of β-amino-alcohol motifs (C(OH)–C–C–N with tert-alkyl or cyclic N) is 1. The molecule has 1 atom stereocenters. The van der Waals surface area contributed by atoms with Crippen LogP contribution in [-0.4, -0.2) is 62.0 Å². The van der Waals surface area contributed by atoms with Gasteiger partial charge in [-0.25, -0.2) is 0 Å². The molecule has 0 amide bonds. The van der Waals surface area contributed by atoms with Gasteiger partial charge in [-0.2, -0.15) is 0 Å². The van der Waals surface area contributed by atoms with Crippen LogP contribution in [0.2, 0.25) is 0 Å². The normalized spacial score (nSPS) is 15.6. The molecular formula is C28H33NO7. The molecule has 0 spiro atoms.